The van der Waals surface area contributed by atoms with Crippen molar-refractivity contribution in [2.45, 2.75) is 26.1 Å². The number of nitrogens with zero attached hydrogens (tertiary/aromatic N) is 2. The summed E-state index contributed by atoms with van der Waals surface area (Å²) >= 11 is 0. The maximum atomic E-state index is 13.5. The second kappa shape index (κ2) is 9.07. The smallest absolute Gasteiger partial charge is 0.257 e. The number of ether oxygens (including phenoxy) is 1. The topological polar surface area (TPSA) is 45.9 Å². The number of furan rings is 1. The van der Waals surface area contributed by atoms with Gasteiger partial charge in [0.1, 0.15) is 11.9 Å². The van der Waals surface area contributed by atoms with Crippen molar-refractivity contribution in [1.82, 2.24) is 4.90 Å². The SMILES string of the molecule is Cc1ccccc1N(Cc1ccco1)C(=O)C1CN(Cc2ccccc2)CCO1. The van der Waals surface area contributed by atoms with Gasteiger partial charge in [-0.05, 0) is 36.2 Å². The molecule has 2 heterocycles. The lowest BCUT2D eigenvalue weighted by atomic mass is 10.1. The highest BCUT2D eigenvalue weighted by atomic mass is 16.5. The Hall–Kier alpha value is -2.89. The molecule has 2 aromatic carbocycles. The third kappa shape index (κ3) is 4.75. The molecule has 3 aromatic rings. The molecule has 1 aliphatic rings. The molecule has 1 unspecified atom stereocenters. The molecule has 4 rings (SSSR count). The van der Waals surface area contributed by atoms with Crippen LogP contribution < -0.4 is 4.90 Å². The molecule has 1 amide bonds. The van der Waals surface area contributed by atoms with Gasteiger partial charge in [0.15, 0.2) is 0 Å². The largest absolute Gasteiger partial charge is 0.467 e. The lowest BCUT2D eigenvalue weighted by Gasteiger charge is -2.35. The van der Waals surface area contributed by atoms with E-state index in [1.807, 2.05) is 61.5 Å². The van der Waals surface area contributed by atoms with E-state index in [2.05, 4.69) is 17.0 Å². The van der Waals surface area contributed by atoms with Gasteiger partial charge in [0.05, 0.1) is 19.4 Å². The molecule has 0 saturated carbocycles. The van der Waals surface area contributed by atoms with E-state index in [-0.39, 0.29) is 5.91 Å². The van der Waals surface area contributed by atoms with Crippen molar-refractivity contribution in [2.24, 2.45) is 0 Å². The molecule has 1 aromatic heterocycles. The van der Waals surface area contributed by atoms with Gasteiger partial charge >= 0.3 is 0 Å². The van der Waals surface area contributed by atoms with Crippen molar-refractivity contribution in [3.05, 3.63) is 89.9 Å². The maximum absolute atomic E-state index is 13.5. The maximum Gasteiger partial charge on any atom is 0.257 e. The number of morpholine rings is 1. The van der Waals surface area contributed by atoms with Gasteiger partial charge in [-0.25, -0.2) is 0 Å². The Balaban J connectivity index is 1.52. The molecule has 5 nitrogen and oxygen atoms in total. The van der Waals surface area contributed by atoms with Gasteiger partial charge in [-0.15, -0.1) is 0 Å². The lowest BCUT2D eigenvalue weighted by Crippen LogP contribution is -2.50. The average Bonchev–Trinajstić information content (AvgIpc) is 3.26. The zero-order valence-corrected chi connectivity index (χ0v) is 16.7. The number of aryl methyl sites for hydroxylation is 1. The first-order chi connectivity index (χ1) is 14.2. The summed E-state index contributed by atoms with van der Waals surface area (Å²) < 4.78 is 11.4. The van der Waals surface area contributed by atoms with E-state index in [4.69, 9.17) is 9.15 Å². The minimum atomic E-state index is -0.498. The number of carbonyl (C=O) groups is 1. The van der Waals surface area contributed by atoms with Crippen molar-refractivity contribution in [3.63, 3.8) is 0 Å². The zero-order valence-electron chi connectivity index (χ0n) is 16.7. The Bertz CT molecular complexity index is 924. The van der Waals surface area contributed by atoms with Crippen LogP contribution in [0.3, 0.4) is 0 Å². The Morgan fingerprint density at radius 2 is 1.86 bits per heavy atom. The zero-order chi connectivity index (χ0) is 20.1. The van der Waals surface area contributed by atoms with E-state index in [1.54, 1.807) is 11.2 Å². The van der Waals surface area contributed by atoms with Crippen molar-refractivity contribution < 1.29 is 13.9 Å². The summed E-state index contributed by atoms with van der Waals surface area (Å²) in [6.07, 6.45) is 1.14. The van der Waals surface area contributed by atoms with E-state index < -0.39 is 6.10 Å². The molecule has 150 valence electrons. The number of carbonyl (C=O) groups excluding carboxylic acids is 1. The third-order valence-electron chi connectivity index (χ3n) is 5.24. The lowest BCUT2D eigenvalue weighted by molar-refractivity contribution is -0.136. The second-order valence-electron chi connectivity index (χ2n) is 7.37. The van der Waals surface area contributed by atoms with Crippen LogP contribution in [0.2, 0.25) is 0 Å². The number of amides is 1. The average molecular weight is 390 g/mol. The molecule has 0 radical (unpaired) electrons. The summed E-state index contributed by atoms with van der Waals surface area (Å²) in [5, 5.41) is 0. The van der Waals surface area contributed by atoms with Crippen LogP contribution in [0, 0.1) is 6.92 Å². The molecule has 1 saturated heterocycles. The van der Waals surface area contributed by atoms with Gasteiger partial charge in [-0.1, -0.05) is 48.5 Å². The summed E-state index contributed by atoms with van der Waals surface area (Å²) in [6.45, 7) is 5.16. The van der Waals surface area contributed by atoms with Crippen LogP contribution in [0.4, 0.5) is 5.69 Å². The molecule has 1 aliphatic heterocycles. The molecule has 1 fully saturated rings. The molecular formula is C24H26N2O3. The summed E-state index contributed by atoms with van der Waals surface area (Å²) in [7, 11) is 0. The summed E-state index contributed by atoms with van der Waals surface area (Å²) in [5.41, 5.74) is 3.17. The number of rotatable bonds is 6. The van der Waals surface area contributed by atoms with E-state index in [9.17, 15) is 4.79 Å². The van der Waals surface area contributed by atoms with Gasteiger partial charge < -0.3 is 14.1 Å². The van der Waals surface area contributed by atoms with Gasteiger partial charge in [0.25, 0.3) is 5.91 Å². The summed E-state index contributed by atoms with van der Waals surface area (Å²) in [4.78, 5) is 17.6. The molecule has 0 aliphatic carbocycles. The summed E-state index contributed by atoms with van der Waals surface area (Å²) in [6, 6.07) is 22.0. The van der Waals surface area contributed by atoms with Gasteiger partial charge in [0.2, 0.25) is 0 Å². The first-order valence-corrected chi connectivity index (χ1v) is 9.98. The van der Waals surface area contributed by atoms with Crippen LogP contribution in [0.5, 0.6) is 0 Å². The molecule has 0 N–H and O–H groups in total. The fourth-order valence-corrected chi connectivity index (χ4v) is 3.72. The van der Waals surface area contributed by atoms with E-state index >= 15 is 0 Å². The quantitative estimate of drug-likeness (QED) is 0.638. The highest BCUT2D eigenvalue weighted by Crippen LogP contribution is 2.24. The van der Waals surface area contributed by atoms with E-state index in [0.717, 1.165) is 30.1 Å². The minimum absolute atomic E-state index is 0.0338. The van der Waals surface area contributed by atoms with Gasteiger partial charge in [-0.3, -0.25) is 9.69 Å². The summed E-state index contributed by atoms with van der Waals surface area (Å²) in [5.74, 6) is 0.715. The fraction of sp³-hybridized carbons (Fsp3) is 0.292. The monoisotopic (exact) mass is 390 g/mol. The van der Waals surface area contributed by atoms with Crippen molar-refractivity contribution in [3.8, 4) is 0 Å². The van der Waals surface area contributed by atoms with E-state index in [1.165, 1.54) is 5.56 Å². The number of hydrogen-bond acceptors (Lipinski definition) is 4. The predicted molar refractivity (Wildman–Crippen MR) is 113 cm³/mol. The van der Waals surface area contributed by atoms with Crippen LogP contribution in [-0.2, 0) is 22.6 Å². The molecule has 1 atom stereocenters. The van der Waals surface area contributed by atoms with Crippen LogP contribution in [0.25, 0.3) is 0 Å². The van der Waals surface area contributed by atoms with Gasteiger partial charge in [0, 0.05) is 25.3 Å². The Kier molecular flexibility index (Phi) is 6.08. The molecule has 0 spiro atoms. The number of hydrogen-bond donors (Lipinski definition) is 0. The Morgan fingerprint density at radius 3 is 2.62 bits per heavy atom. The van der Waals surface area contributed by atoms with Crippen molar-refractivity contribution in [1.29, 1.82) is 0 Å². The molecule has 0 bridgehead atoms. The van der Waals surface area contributed by atoms with Crippen LogP contribution in [0.15, 0.2) is 77.4 Å². The van der Waals surface area contributed by atoms with Gasteiger partial charge in [-0.2, -0.15) is 0 Å². The number of para-hydroxylation sites is 1. The molecule has 29 heavy (non-hydrogen) atoms. The van der Waals surface area contributed by atoms with E-state index in [0.29, 0.717) is 19.7 Å². The highest BCUT2D eigenvalue weighted by Gasteiger charge is 2.32. The first-order valence-electron chi connectivity index (χ1n) is 9.98. The Labute approximate surface area is 171 Å². The Morgan fingerprint density at radius 1 is 1.07 bits per heavy atom. The van der Waals surface area contributed by atoms with Crippen LogP contribution in [0.1, 0.15) is 16.9 Å². The molecule has 5 heteroatoms. The van der Waals surface area contributed by atoms with Crippen LogP contribution in [-0.4, -0.2) is 36.6 Å². The molecular weight excluding hydrogens is 364 g/mol. The van der Waals surface area contributed by atoms with Crippen LogP contribution >= 0.6 is 0 Å². The normalized spacial score (nSPS) is 17.2. The number of benzene rings is 2. The highest BCUT2D eigenvalue weighted by molar-refractivity contribution is 5.97. The second-order valence-corrected chi connectivity index (χ2v) is 7.37. The van der Waals surface area contributed by atoms with Crippen molar-refractivity contribution >= 4 is 11.6 Å². The fourth-order valence-electron chi connectivity index (χ4n) is 3.72. The third-order valence-corrected chi connectivity index (χ3v) is 5.24. The first kappa shape index (κ1) is 19.4. The number of anilines is 1. The minimum Gasteiger partial charge on any atom is -0.467 e. The van der Waals surface area contributed by atoms with Crippen molar-refractivity contribution in [2.75, 3.05) is 24.6 Å². The predicted octanol–water partition coefficient (Wildman–Crippen LogP) is 4.02. The standard InChI is InChI=1S/C24H26N2O3/c1-19-8-5-6-12-22(19)26(17-21-11-7-14-28-21)24(27)23-18-25(13-15-29-23)16-20-9-3-2-4-10-20/h2-12,14,23H,13,15-18H2,1H3.